The fourth-order valence-corrected chi connectivity index (χ4v) is 4.56. The largest absolute Gasteiger partial charge is 0.323 e. The average Bonchev–Trinajstić information content (AvgIpc) is 2.94. The molecule has 0 radical (unpaired) electrons. The zero-order valence-corrected chi connectivity index (χ0v) is 17.7. The minimum Gasteiger partial charge on any atom is -0.323 e. The second-order valence-electron chi connectivity index (χ2n) is 7.96. The highest BCUT2D eigenvalue weighted by molar-refractivity contribution is 6.44. The fourth-order valence-electron chi connectivity index (χ4n) is 4.21. The van der Waals surface area contributed by atoms with E-state index in [-0.39, 0.29) is 11.9 Å². The molecule has 27 heavy (non-hydrogen) atoms. The number of likely N-dealkylation sites (tertiary alicyclic amines) is 2. The monoisotopic (exact) mass is 411 g/mol. The highest BCUT2D eigenvalue weighted by Gasteiger charge is 2.28. The average molecular weight is 412 g/mol. The van der Waals surface area contributed by atoms with Gasteiger partial charge in [0.25, 0.3) is 0 Å². The molecule has 0 saturated carbocycles. The normalized spacial score (nSPS) is 21.6. The summed E-state index contributed by atoms with van der Waals surface area (Å²) < 4.78 is 0. The standard InChI is InChI=1S/C21H31Cl2N3O/c1-16(21(27)24-19-8-6-7-18(22)20(19)23)26-13-9-17(10-14-26)15-25-11-4-2-3-5-12-25/h6-8,16-17H,2-5,9-15H2,1H3,(H,24,27). The molecule has 0 spiro atoms. The number of piperidine rings is 1. The van der Waals surface area contributed by atoms with Crippen LogP contribution in [-0.2, 0) is 4.79 Å². The highest BCUT2D eigenvalue weighted by atomic mass is 35.5. The molecule has 150 valence electrons. The number of benzene rings is 1. The third-order valence-electron chi connectivity index (χ3n) is 6.00. The smallest absolute Gasteiger partial charge is 0.241 e. The van der Waals surface area contributed by atoms with Gasteiger partial charge >= 0.3 is 0 Å². The summed E-state index contributed by atoms with van der Waals surface area (Å²) in [6.45, 7) is 7.70. The molecule has 3 rings (SSSR count). The van der Waals surface area contributed by atoms with Crippen LogP contribution in [0.1, 0.15) is 45.4 Å². The Morgan fingerprint density at radius 1 is 1.11 bits per heavy atom. The van der Waals surface area contributed by atoms with Crippen LogP contribution in [0.3, 0.4) is 0 Å². The van der Waals surface area contributed by atoms with E-state index in [4.69, 9.17) is 23.2 Å². The molecule has 2 saturated heterocycles. The summed E-state index contributed by atoms with van der Waals surface area (Å²) in [7, 11) is 0. The molecule has 2 aliphatic rings. The SMILES string of the molecule is CC(C(=O)Nc1cccc(Cl)c1Cl)N1CCC(CN2CCCCCC2)CC1. The van der Waals surface area contributed by atoms with Crippen LogP contribution in [-0.4, -0.2) is 54.5 Å². The van der Waals surface area contributed by atoms with Crippen molar-refractivity contribution in [3.8, 4) is 0 Å². The maximum absolute atomic E-state index is 12.6. The number of nitrogens with zero attached hydrogens (tertiary/aromatic N) is 2. The maximum atomic E-state index is 12.6. The molecule has 4 nitrogen and oxygen atoms in total. The Bertz CT molecular complexity index is 624. The van der Waals surface area contributed by atoms with Crippen LogP contribution in [0.5, 0.6) is 0 Å². The van der Waals surface area contributed by atoms with Crippen molar-refractivity contribution in [1.82, 2.24) is 9.80 Å². The van der Waals surface area contributed by atoms with Gasteiger partial charge in [-0.3, -0.25) is 9.69 Å². The second kappa shape index (κ2) is 10.1. The van der Waals surface area contributed by atoms with Gasteiger partial charge in [-0.25, -0.2) is 0 Å². The first kappa shape index (κ1) is 20.9. The van der Waals surface area contributed by atoms with Crippen molar-refractivity contribution in [3.63, 3.8) is 0 Å². The number of rotatable bonds is 5. The van der Waals surface area contributed by atoms with Gasteiger partial charge in [0.1, 0.15) is 0 Å². The minimum absolute atomic E-state index is 0.0230. The molecule has 2 fully saturated rings. The highest BCUT2D eigenvalue weighted by Crippen LogP contribution is 2.30. The van der Waals surface area contributed by atoms with Gasteiger partial charge in [0.15, 0.2) is 0 Å². The van der Waals surface area contributed by atoms with Gasteiger partial charge in [0.05, 0.1) is 21.8 Å². The summed E-state index contributed by atoms with van der Waals surface area (Å²) >= 11 is 12.2. The summed E-state index contributed by atoms with van der Waals surface area (Å²) in [5.74, 6) is 0.738. The lowest BCUT2D eigenvalue weighted by Gasteiger charge is -2.37. The summed E-state index contributed by atoms with van der Waals surface area (Å²) in [6.07, 6.45) is 7.82. The van der Waals surface area contributed by atoms with Gasteiger partial charge < -0.3 is 10.2 Å². The van der Waals surface area contributed by atoms with E-state index < -0.39 is 0 Å². The Balaban J connectivity index is 1.46. The summed E-state index contributed by atoms with van der Waals surface area (Å²) in [5.41, 5.74) is 0.581. The molecular weight excluding hydrogens is 381 g/mol. The van der Waals surface area contributed by atoms with Crippen molar-refractivity contribution in [2.45, 2.75) is 51.5 Å². The predicted molar refractivity (Wildman–Crippen MR) is 114 cm³/mol. The van der Waals surface area contributed by atoms with E-state index in [9.17, 15) is 4.79 Å². The van der Waals surface area contributed by atoms with E-state index in [1.54, 1.807) is 18.2 Å². The van der Waals surface area contributed by atoms with E-state index in [0.29, 0.717) is 15.7 Å². The molecule has 1 amide bonds. The number of nitrogens with one attached hydrogen (secondary N) is 1. The van der Waals surface area contributed by atoms with Gasteiger partial charge in [0.2, 0.25) is 5.91 Å². The molecular formula is C21H31Cl2N3O. The van der Waals surface area contributed by atoms with Crippen LogP contribution in [0, 0.1) is 5.92 Å². The molecule has 0 aromatic heterocycles. The molecule has 0 bridgehead atoms. The van der Waals surface area contributed by atoms with Crippen LogP contribution < -0.4 is 5.32 Å². The first-order valence-corrected chi connectivity index (χ1v) is 11.0. The van der Waals surface area contributed by atoms with Gasteiger partial charge in [-0.2, -0.15) is 0 Å². The molecule has 2 aliphatic heterocycles. The lowest BCUT2D eigenvalue weighted by atomic mass is 9.95. The van der Waals surface area contributed by atoms with Crippen LogP contribution >= 0.6 is 23.2 Å². The van der Waals surface area contributed by atoms with E-state index >= 15 is 0 Å². The van der Waals surface area contributed by atoms with Crippen LogP contribution in [0.2, 0.25) is 10.0 Å². The lowest BCUT2D eigenvalue weighted by Crippen LogP contribution is -2.47. The third-order valence-corrected chi connectivity index (χ3v) is 6.82. The number of hydrogen-bond acceptors (Lipinski definition) is 3. The summed E-state index contributed by atoms with van der Waals surface area (Å²) in [6, 6.07) is 5.13. The van der Waals surface area contributed by atoms with Crippen molar-refractivity contribution in [3.05, 3.63) is 28.2 Å². The number of halogens is 2. The topological polar surface area (TPSA) is 35.6 Å². The Morgan fingerprint density at radius 2 is 1.78 bits per heavy atom. The Morgan fingerprint density at radius 3 is 2.44 bits per heavy atom. The number of carbonyl (C=O) groups is 1. The van der Waals surface area contributed by atoms with E-state index in [2.05, 4.69) is 15.1 Å². The Kier molecular flexibility index (Phi) is 7.83. The zero-order valence-electron chi connectivity index (χ0n) is 16.2. The quantitative estimate of drug-likeness (QED) is 0.747. The summed E-state index contributed by atoms with van der Waals surface area (Å²) in [4.78, 5) is 17.6. The van der Waals surface area contributed by atoms with Gasteiger partial charge in [-0.15, -0.1) is 0 Å². The van der Waals surface area contributed by atoms with Gasteiger partial charge in [-0.05, 0) is 76.8 Å². The molecule has 0 aliphatic carbocycles. The second-order valence-corrected chi connectivity index (χ2v) is 8.75. The van der Waals surface area contributed by atoms with Crippen molar-refractivity contribution < 1.29 is 4.79 Å². The van der Waals surface area contributed by atoms with Crippen molar-refractivity contribution in [2.75, 3.05) is 38.0 Å². The number of anilines is 1. The molecule has 2 heterocycles. The Hall–Kier alpha value is -0.810. The van der Waals surface area contributed by atoms with Crippen molar-refractivity contribution in [1.29, 1.82) is 0 Å². The molecule has 1 N–H and O–H groups in total. The molecule has 1 atom stereocenters. The first-order chi connectivity index (χ1) is 13.0. The zero-order chi connectivity index (χ0) is 19.2. The maximum Gasteiger partial charge on any atom is 0.241 e. The summed E-state index contributed by atoms with van der Waals surface area (Å²) in [5, 5.41) is 3.78. The fraction of sp³-hybridized carbons (Fsp3) is 0.667. The molecule has 1 aromatic rings. The van der Waals surface area contributed by atoms with Crippen molar-refractivity contribution in [2.24, 2.45) is 5.92 Å². The first-order valence-electron chi connectivity index (χ1n) is 10.3. The minimum atomic E-state index is -0.167. The predicted octanol–water partition coefficient (Wildman–Crippen LogP) is 4.91. The van der Waals surface area contributed by atoms with Gasteiger partial charge in [0, 0.05) is 6.54 Å². The van der Waals surface area contributed by atoms with Crippen molar-refractivity contribution >= 4 is 34.8 Å². The lowest BCUT2D eigenvalue weighted by molar-refractivity contribution is -0.121. The molecule has 1 aromatic carbocycles. The number of hydrogen-bond donors (Lipinski definition) is 1. The van der Waals surface area contributed by atoms with Crippen LogP contribution in [0.4, 0.5) is 5.69 Å². The van der Waals surface area contributed by atoms with Crippen LogP contribution in [0.15, 0.2) is 18.2 Å². The number of amides is 1. The Labute approximate surface area is 173 Å². The molecule has 6 heteroatoms. The van der Waals surface area contributed by atoms with E-state index in [1.807, 2.05) is 6.92 Å². The third kappa shape index (κ3) is 5.83. The van der Waals surface area contributed by atoms with Gasteiger partial charge in [-0.1, -0.05) is 42.1 Å². The van der Waals surface area contributed by atoms with E-state index in [1.165, 1.54) is 58.2 Å². The van der Waals surface area contributed by atoms with Crippen LogP contribution in [0.25, 0.3) is 0 Å². The van der Waals surface area contributed by atoms with E-state index in [0.717, 1.165) is 19.0 Å². The molecule has 1 unspecified atom stereocenters. The number of carbonyl (C=O) groups excluding carboxylic acids is 1.